The quantitative estimate of drug-likeness (QED) is 0.800. The Balaban J connectivity index is 1.35. The van der Waals surface area contributed by atoms with Crippen molar-refractivity contribution in [3.63, 3.8) is 0 Å². The molecule has 4 bridgehead atoms. The molecule has 4 saturated carbocycles. The van der Waals surface area contributed by atoms with Crippen LogP contribution in [0.2, 0.25) is 0 Å². The Kier molecular flexibility index (Phi) is 4.53. The highest BCUT2D eigenvalue weighted by Crippen LogP contribution is 2.57. The Labute approximate surface area is 154 Å². The summed E-state index contributed by atoms with van der Waals surface area (Å²) in [4.78, 5) is 2.54. The molecule has 0 aromatic carbocycles. The minimum atomic E-state index is -0.371. The number of aliphatic hydroxyl groups excluding tert-OH is 1. The zero-order chi connectivity index (χ0) is 17.9. The van der Waals surface area contributed by atoms with Crippen LogP contribution in [0.25, 0.3) is 0 Å². The number of β-amino-alcohol motifs (C(OH)–C–C–N with tert-alkyl or cyclic N) is 1. The predicted octanol–water partition coefficient (Wildman–Crippen LogP) is 4.38. The zero-order valence-corrected chi connectivity index (χ0v) is 16.9. The van der Waals surface area contributed by atoms with E-state index in [1.165, 1.54) is 57.8 Å². The molecule has 25 heavy (non-hydrogen) atoms. The zero-order valence-electron chi connectivity index (χ0n) is 16.9. The summed E-state index contributed by atoms with van der Waals surface area (Å²) in [6.45, 7) is 10.6. The van der Waals surface area contributed by atoms with Crippen LogP contribution in [0.3, 0.4) is 0 Å². The van der Waals surface area contributed by atoms with Crippen molar-refractivity contribution in [3.05, 3.63) is 0 Å². The van der Waals surface area contributed by atoms with E-state index in [1.807, 2.05) is 0 Å². The van der Waals surface area contributed by atoms with Gasteiger partial charge in [0.15, 0.2) is 0 Å². The van der Waals surface area contributed by atoms with E-state index in [2.05, 4.69) is 32.6 Å². The lowest BCUT2D eigenvalue weighted by molar-refractivity contribution is -0.179. The third-order valence-electron chi connectivity index (χ3n) is 8.00. The van der Waals surface area contributed by atoms with E-state index in [4.69, 9.17) is 4.74 Å². The van der Waals surface area contributed by atoms with Crippen LogP contribution in [0.15, 0.2) is 0 Å². The topological polar surface area (TPSA) is 32.7 Å². The molecule has 3 heteroatoms. The third kappa shape index (κ3) is 3.53. The Morgan fingerprint density at radius 2 is 1.40 bits per heavy atom. The molecule has 1 atom stereocenters. The summed E-state index contributed by atoms with van der Waals surface area (Å²) in [5.41, 5.74) is 0.454. The van der Waals surface area contributed by atoms with Crippen LogP contribution in [-0.2, 0) is 4.74 Å². The molecule has 0 aromatic heterocycles. The van der Waals surface area contributed by atoms with Gasteiger partial charge in [-0.05, 0) is 103 Å². The fourth-order valence-corrected chi connectivity index (χ4v) is 7.28. The summed E-state index contributed by atoms with van der Waals surface area (Å²) >= 11 is 0. The van der Waals surface area contributed by atoms with Crippen molar-refractivity contribution in [2.45, 2.75) is 108 Å². The Morgan fingerprint density at radius 1 is 0.920 bits per heavy atom. The SMILES string of the molecule is CC1(C)CCCC(C)(C)N1C[C@@H](O)COC12CC3CC(CC(C3)C1)C2. The molecule has 1 aliphatic heterocycles. The standard InChI is InChI=1S/C22H39NO2/c1-20(2)6-5-7-21(3,4)23(20)14-19(24)15-25-22-11-16-8-17(12-22)10-18(9-16)13-22/h16-19,24H,5-15H2,1-4H3/t16?,17?,18?,19-,22?/m1/s1. The van der Waals surface area contributed by atoms with Gasteiger partial charge in [0.25, 0.3) is 0 Å². The minimum Gasteiger partial charge on any atom is -0.389 e. The number of rotatable bonds is 5. The van der Waals surface area contributed by atoms with Gasteiger partial charge in [-0.3, -0.25) is 4.90 Å². The average Bonchev–Trinajstić information content (AvgIpc) is 2.47. The van der Waals surface area contributed by atoms with Crippen LogP contribution in [0.5, 0.6) is 0 Å². The van der Waals surface area contributed by atoms with Crippen LogP contribution in [0.4, 0.5) is 0 Å². The molecule has 5 rings (SSSR count). The van der Waals surface area contributed by atoms with Crippen LogP contribution in [0, 0.1) is 17.8 Å². The first kappa shape index (κ1) is 18.3. The van der Waals surface area contributed by atoms with E-state index >= 15 is 0 Å². The highest BCUT2D eigenvalue weighted by atomic mass is 16.5. The van der Waals surface area contributed by atoms with E-state index < -0.39 is 0 Å². The second-order valence-electron chi connectivity index (χ2n) is 11.2. The second kappa shape index (κ2) is 6.21. The molecule has 0 aromatic rings. The summed E-state index contributed by atoms with van der Waals surface area (Å²) in [7, 11) is 0. The molecule has 4 aliphatic carbocycles. The Morgan fingerprint density at radius 3 is 1.88 bits per heavy atom. The second-order valence-corrected chi connectivity index (χ2v) is 11.2. The van der Waals surface area contributed by atoms with E-state index in [9.17, 15) is 5.11 Å². The smallest absolute Gasteiger partial charge is 0.0900 e. The minimum absolute atomic E-state index is 0.114. The van der Waals surface area contributed by atoms with E-state index in [-0.39, 0.29) is 22.8 Å². The normalized spacial score (nSPS) is 43.3. The third-order valence-corrected chi connectivity index (χ3v) is 8.00. The number of ether oxygens (including phenoxy) is 1. The van der Waals surface area contributed by atoms with Crippen molar-refractivity contribution in [1.29, 1.82) is 0 Å². The van der Waals surface area contributed by atoms with Crippen molar-refractivity contribution >= 4 is 0 Å². The lowest BCUT2D eigenvalue weighted by Crippen LogP contribution is -2.61. The van der Waals surface area contributed by atoms with Gasteiger partial charge in [-0.15, -0.1) is 0 Å². The number of hydrogen-bond acceptors (Lipinski definition) is 3. The maximum atomic E-state index is 10.8. The van der Waals surface area contributed by atoms with Gasteiger partial charge in [0.05, 0.1) is 18.3 Å². The Bertz CT molecular complexity index is 447. The molecule has 0 radical (unpaired) electrons. The summed E-state index contributed by atoms with van der Waals surface area (Å²) in [5.74, 6) is 2.72. The molecule has 1 N–H and O–H groups in total. The first-order valence-corrected chi connectivity index (χ1v) is 10.8. The molecular formula is C22H39NO2. The van der Waals surface area contributed by atoms with Gasteiger partial charge in [-0.25, -0.2) is 0 Å². The van der Waals surface area contributed by atoms with Crippen LogP contribution >= 0.6 is 0 Å². The van der Waals surface area contributed by atoms with Crippen molar-refractivity contribution in [3.8, 4) is 0 Å². The van der Waals surface area contributed by atoms with E-state index in [0.29, 0.717) is 6.61 Å². The van der Waals surface area contributed by atoms with E-state index in [1.54, 1.807) is 0 Å². The van der Waals surface area contributed by atoms with Crippen molar-refractivity contribution in [2.75, 3.05) is 13.2 Å². The van der Waals surface area contributed by atoms with Gasteiger partial charge >= 0.3 is 0 Å². The lowest BCUT2D eigenvalue weighted by atomic mass is 9.54. The molecule has 5 aliphatic rings. The Hall–Kier alpha value is -0.120. The molecule has 0 amide bonds. The number of nitrogens with zero attached hydrogens (tertiary/aromatic N) is 1. The van der Waals surface area contributed by atoms with Gasteiger partial charge in [0.1, 0.15) is 0 Å². The molecule has 1 saturated heterocycles. The molecule has 144 valence electrons. The molecule has 1 heterocycles. The largest absolute Gasteiger partial charge is 0.389 e. The molecular weight excluding hydrogens is 310 g/mol. The summed E-state index contributed by atoms with van der Waals surface area (Å²) in [5, 5.41) is 10.8. The van der Waals surface area contributed by atoms with Gasteiger partial charge in [-0.1, -0.05) is 0 Å². The first-order chi connectivity index (χ1) is 11.7. The number of piperidine rings is 1. The van der Waals surface area contributed by atoms with Crippen molar-refractivity contribution in [1.82, 2.24) is 4.90 Å². The average molecular weight is 350 g/mol. The lowest BCUT2D eigenvalue weighted by Gasteiger charge is -2.56. The fourth-order valence-electron chi connectivity index (χ4n) is 7.28. The van der Waals surface area contributed by atoms with Gasteiger partial charge < -0.3 is 9.84 Å². The summed E-state index contributed by atoms with van der Waals surface area (Å²) in [6.07, 6.45) is 11.5. The van der Waals surface area contributed by atoms with Crippen molar-refractivity contribution in [2.24, 2.45) is 17.8 Å². The monoisotopic (exact) mass is 349 g/mol. The fraction of sp³-hybridized carbons (Fsp3) is 1.00. The number of aliphatic hydroxyl groups is 1. The van der Waals surface area contributed by atoms with E-state index in [0.717, 1.165) is 24.3 Å². The summed E-state index contributed by atoms with van der Waals surface area (Å²) in [6, 6.07) is 0. The molecule has 5 fully saturated rings. The maximum Gasteiger partial charge on any atom is 0.0900 e. The molecule has 0 unspecified atom stereocenters. The van der Waals surface area contributed by atoms with Gasteiger partial charge in [0, 0.05) is 17.6 Å². The van der Waals surface area contributed by atoms with Gasteiger partial charge in [0.2, 0.25) is 0 Å². The predicted molar refractivity (Wildman–Crippen MR) is 102 cm³/mol. The highest BCUT2D eigenvalue weighted by molar-refractivity contribution is 5.03. The molecule has 3 nitrogen and oxygen atoms in total. The maximum absolute atomic E-state index is 10.8. The highest BCUT2D eigenvalue weighted by Gasteiger charge is 2.52. The van der Waals surface area contributed by atoms with Gasteiger partial charge in [-0.2, -0.15) is 0 Å². The first-order valence-electron chi connectivity index (χ1n) is 10.8. The van der Waals surface area contributed by atoms with Crippen LogP contribution in [0.1, 0.15) is 85.5 Å². The number of hydrogen-bond donors (Lipinski definition) is 1. The molecule has 0 spiro atoms. The van der Waals surface area contributed by atoms with Crippen molar-refractivity contribution < 1.29 is 9.84 Å². The summed E-state index contributed by atoms with van der Waals surface area (Å²) < 4.78 is 6.51. The van der Waals surface area contributed by atoms with Crippen LogP contribution in [-0.4, -0.2) is 45.9 Å². The number of likely N-dealkylation sites (tertiary alicyclic amines) is 1. The van der Waals surface area contributed by atoms with Crippen LogP contribution < -0.4 is 0 Å².